The Morgan fingerprint density at radius 2 is 2.08 bits per heavy atom. The molecular formula is C18H21FN4O3. The molecule has 0 aliphatic carbocycles. The lowest BCUT2D eigenvalue weighted by Gasteiger charge is -2.12. The van der Waals surface area contributed by atoms with Crippen LogP contribution in [0, 0.1) is 11.7 Å². The first-order valence-electron chi connectivity index (χ1n) is 8.55. The van der Waals surface area contributed by atoms with Crippen molar-refractivity contribution in [2.24, 2.45) is 11.7 Å². The van der Waals surface area contributed by atoms with Crippen molar-refractivity contribution in [2.45, 2.75) is 32.4 Å². The van der Waals surface area contributed by atoms with Crippen molar-refractivity contribution in [1.29, 1.82) is 0 Å². The molecule has 0 radical (unpaired) electrons. The van der Waals surface area contributed by atoms with Gasteiger partial charge in [0.1, 0.15) is 11.6 Å². The third-order valence-electron chi connectivity index (χ3n) is 4.68. The second-order valence-corrected chi connectivity index (χ2v) is 6.42. The molecule has 1 amide bonds. The fraction of sp³-hybridized carbons (Fsp3) is 0.389. The van der Waals surface area contributed by atoms with Gasteiger partial charge in [0.15, 0.2) is 5.69 Å². The zero-order valence-electron chi connectivity index (χ0n) is 14.2. The van der Waals surface area contributed by atoms with E-state index in [1.807, 2.05) is 0 Å². The smallest absolute Gasteiger partial charge is 0.296 e. The number of carbonyl (C=O) groups excluding carboxylic acids is 1. The number of aryl methyl sites for hydroxylation is 1. The molecule has 1 aliphatic heterocycles. The lowest BCUT2D eigenvalue weighted by molar-refractivity contribution is 0.0941. The van der Waals surface area contributed by atoms with Crippen LogP contribution in [0.5, 0.6) is 5.75 Å². The van der Waals surface area contributed by atoms with Crippen LogP contribution in [0.4, 0.5) is 4.39 Å². The number of rotatable bonds is 4. The number of aromatic hydroxyl groups is 1. The molecule has 1 aromatic heterocycles. The minimum Gasteiger partial charge on any atom is -0.501 e. The van der Waals surface area contributed by atoms with Gasteiger partial charge in [-0.05, 0) is 43.0 Å². The zero-order chi connectivity index (χ0) is 18.7. The fourth-order valence-corrected chi connectivity index (χ4v) is 3.06. The maximum atomic E-state index is 12.9. The van der Waals surface area contributed by atoms with Gasteiger partial charge >= 0.3 is 0 Å². The van der Waals surface area contributed by atoms with Crippen molar-refractivity contribution in [3.8, 4) is 5.75 Å². The lowest BCUT2D eigenvalue weighted by Crippen LogP contribution is -2.31. The number of benzene rings is 1. The molecule has 1 aromatic carbocycles. The van der Waals surface area contributed by atoms with Crippen molar-refractivity contribution < 1.29 is 14.3 Å². The van der Waals surface area contributed by atoms with E-state index < -0.39 is 17.2 Å². The van der Waals surface area contributed by atoms with Gasteiger partial charge in [-0.25, -0.2) is 9.37 Å². The summed E-state index contributed by atoms with van der Waals surface area (Å²) in [6, 6.07) is 5.67. The Hall–Kier alpha value is -2.74. The number of amides is 1. The molecule has 0 saturated carbocycles. The molecule has 0 spiro atoms. The van der Waals surface area contributed by atoms with Gasteiger partial charge in [0.25, 0.3) is 11.5 Å². The number of fused-ring (bicyclic) bond motifs is 1. The quantitative estimate of drug-likeness (QED) is 0.751. The van der Waals surface area contributed by atoms with E-state index in [-0.39, 0.29) is 24.0 Å². The highest BCUT2D eigenvalue weighted by atomic mass is 19.1. The zero-order valence-corrected chi connectivity index (χ0v) is 14.2. The SMILES string of the molecule is NC[C@@H]1CCc2nc(C(=O)NCc3ccc(F)cc3)c(O)c(=O)n2CC1. The van der Waals surface area contributed by atoms with Crippen molar-refractivity contribution >= 4 is 5.91 Å². The summed E-state index contributed by atoms with van der Waals surface area (Å²) in [5.74, 6) is -0.901. The second-order valence-electron chi connectivity index (χ2n) is 6.42. The predicted molar refractivity (Wildman–Crippen MR) is 93.2 cm³/mol. The van der Waals surface area contributed by atoms with E-state index in [1.165, 1.54) is 16.7 Å². The average molecular weight is 360 g/mol. The molecule has 4 N–H and O–H groups in total. The predicted octanol–water partition coefficient (Wildman–Crippen LogP) is 0.929. The highest BCUT2D eigenvalue weighted by molar-refractivity contribution is 5.94. The third-order valence-corrected chi connectivity index (χ3v) is 4.68. The van der Waals surface area contributed by atoms with Gasteiger partial charge in [-0.3, -0.25) is 14.2 Å². The number of hydrogen-bond donors (Lipinski definition) is 3. The largest absolute Gasteiger partial charge is 0.501 e. The molecule has 2 heterocycles. The minimum atomic E-state index is -0.656. The Balaban J connectivity index is 1.80. The molecule has 2 aromatic rings. The van der Waals surface area contributed by atoms with Crippen molar-refractivity contribution in [1.82, 2.24) is 14.9 Å². The number of carbonyl (C=O) groups is 1. The van der Waals surface area contributed by atoms with Gasteiger partial charge in [-0.15, -0.1) is 0 Å². The van der Waals surface area contributed by atoms with Gasteiger partial charge in [0.2, 0.25) is 5.75 Å². The summed E-state index contributed by atoms with van der Waals surface area (Å²) in [5, 5.41) is 12.7. The van der Waals surface area contributed by atoms with E-state index in [0.717, 1.165) is 12.8 Å². The number of nitrogens with one attached hydrogen (secondary N) is 1. The Labute approximate surface area is 149 Å². The number of nitrogens with zero attached hydrogens (tertiary/aromatic N) is 2. The first-order valence-corrected chi connectivity index (χ1v) is 8.55. The molecule has 1 aliphatic rings. The van der Waals surface area contributed by atoms with Crippen LogP contribution >= 0.6 is 0 Å². The maximum absolute atomic E-state index is 12.9. The van der Waals surface area contributed by atoms with Gasteiger partial charge in [0.05, 0.1) is 0 Å². The van der Waals surface area contributed by atoms with Crippen LogP contribution in [-0.2, 0) is 19.5 Å². The monoisotopic (exact) mass is 360 g/mol. The van der Waals surface area contributed by atoms with Crippen LogP contribution in [0.1, 0.15) is 34.7 Å². The van der Waals surface area contributed by atoms with Gasteiger partial charge in [0, 0.05) is 19.5 Å². The molecule has 7 nitrogen and oxygen atoms in total. The molecule has 1 atom stereocenters. The van der Waals surface area contributed by atoms with E-state index in [0.29, 0.717) is 30.9 Å². The molecule has 0 saturated heterocycles. The topological polar surface area (TPSA) is 110 Å². The molecular weight excluding hydrogens is 339 g/mol. The maximum Gasteiger partial charge on any atom is 0.296 e. The number of nitrogens with two attached hydrogens (primary N) is 1. The fourth-order valence-electron chi connectivity index (χ4n) is 3.06. The molecule has 0 bridgehead atoms. The first-order chi connectivity index (χ1) is 12.5. The number of halogens is 1. The summed E-state index contributed by atoms with van der Waals surface area (Å²) >= 11 is 0. The molecule has 0 unspecified atom stereocenters. The Morgan fingerprint density at radius 1 is 1.35 bits per heavy atom. The van der Waals surface area contributed by atoms with Gasteiger partial charge < -0.3 is 16.2 Å². The number of hydrogen-bond acceptors (Lipinski definition) is 5. The van der Waals surface area contributed by atoms with E-state index in [9.17, 15) is 19.1 Å². The van der Waals surface area contributed by atoms with Crippen LogP contribution in [-0.4, -0.2) is 27.1 Å². The molecule has 3 rings (SSSR count). The van der Waals surface area contributed by atoms with Crippen LogP contribution < -0.4 is 16.6 Å². The average Bonchev–Trinajstić information content (AvgIpc) is 2.86. The molecule has 138 valence electrons. The van der Waals surface area contributed by atoms with E-state index >= 15 is 0 Å². The Kier molecular flexibility index (Phi) is 5.32. The summed E-state index contributed by atoms with van der Waals surface area (Å²) in [7, 11) is 0. The summed E-state index contributed by atoms with van der Waals surface area (Å²) in [5.41, 5.74) is 5.51. The summed E-state index contributed by atoms with van der Waals surface area (Å²) in [6.07, 6.45) is 2.04. The number of aromatic nitrogens is 2. The van der Waals surface area contributed by atoms with Crippen LogP contribution in [0.25, 0.3) is 0 Å². The lowest BCUT2D eigenvalue weighted by atomic mass is 10.0. The summed E-state index contributed by atoms with van der Waals surface area (Å²) < 4.78 is 14.3. The van der Waals surface area contributed by atoms with Crippen LogP contribution in [0.15, 0.2) is 29.1 Å². The molecule has 26 heavy (non-hydrogen) atoms. The van der Waals surface area contributed by atoms with E-state index in [4.69, 9.17) is 5.73 Å². The van der Waals surface area contributed by atoms with Gasteiger partial charge in [-0.1, -0.05) is 12.1 Å². The van der Waals surface area contributed by atoms with Crippen molar-refractivity contribution in [3.63, 3.8) is 0 Å². The second kappa shape index (κ2) is 7.65. The van der Waals surface area contributed by atoms with Crippen molar-refractivity contribution in [3.05, 3.63) is 57.5 Å². The van der Waals surface area contributed by atoms with E-state index in [1.54, 1.807) is 12.1 Å². The standard InChI is InChI=1S/C18H21FN4O3/c19-13-4-1-12(2-5-13)10-21-17(25)15-16(24)18(26)23-8-7-11(9-20)3-6-14(23)22-15/h1-2,4-5,11,24H,3,6-10,20H2,(H,21,25)/t11-/m1/s1. The van der Waals surface area contributed by atoms with Crippen molar-refractivity contribution in [2.75, 3.05) is 6.54 Å². The first kappa shape index (κ1) is 18.1. The normalized spacial score (nSPS) is 16.6. The Bertz CT molecular complexity index is 864. The van der Waals surface area contributed by atoms with Crippen LogP contribution in [0.3, 0.4) is 0 Å². The van der Waals surface area contributed by atoms with Crippen LogP contribution in [0.2, 0.25) is 0 Å². The summed E-state index contributed by atoms with van der Waals surface area (Å²) in [6.45, 7) is 1.09. The minimum absolute atomic E-state index is 0.133. The third kappa shape index (κ3) is 3.75. The van der Waals surface area contributed by atoms with E-state index in [2.05, 4.69) is 10.3 Å². The highest BCUT2D eigenvalue weighted by Crippen LogP contribution is 2.19. The highest BCUT2D eigenvalue weighted by Gasteiger charge is 2.24. The molecule has 0 fully saturated rings. The summed E-state index contributed by atoms with van der Waals surface area (Å²) in [4.78, 5) is 29.0. The van der Waals surface area contributed by atoms with Gasteiger partial charge in [-0.2, -0.15) is 0 Å². The Morgan fingerprint density at radius 3 is 2.77 bits per heavy atom. The molecule has 8 heteroatoms.